The van der Waals surface area contributed by atoms with E-state index in [9.17, 15) is 9.18 Å². The van der Waals surface area contributed by atoms with Crippen molar-refractivity contribution in [2.24, 2.45) is 0 Å². The molecular formula is C15H22FN3O2. The van der Waals surface area contributed by atoms with E-state index in [2.05, 4.69) is 5.32 Å². The molecule has 0 aromatic heterocycles. The SMILES string of the molecule is CC1CN(C(C)C(=O)Nc2cc(N)ccc2F)CC(C)O1. The molecule has 0 spiro atoms. The molecule has 0 saturated carbocycles. The number of amides is 1. The van der Waals surface area contributed by atoms with E-state index < -0.39 is 5.82 Å². The molecule has 5 nitrogen and oxygen atoms in total. The molecule has 0 bridgehead atoms. The Kier molecular flexibility index (Phi) is 4.80. The number of nitrogens with zero attached hydrogens (tertiary/aromatic N) is 1. The molecule has 1 heterocycles. The van der Waals surface area contributed by atoms with Crippen molar-refractivity contribution in [1.29, 1.82) is 0 Å². The van der Waals surface area contributed by atoms with Crippen LogP contribution >= 0.6 is 0 Å². The Morgan fingerprint density at radius 2 is 2.05 bits per heavy atom. The average molecular weight is 295 g/mol. The predicted octanol–water partition coefficient (Wildman–Crippen LogP) is 1.84. The standard InChI is InChI=1S/C15H22FN3O2/c1-9-7-19(8-10(2)21-9)11(3)15(20)18-14-6-12(17)4-5-13(14)16/h4-6,9-11H,7-8,17H2,1-3H3,(H,18,20). The number of nitrogen functional groups attached to an aromatic ring is 1. The van der Waals surface area contributed by atoms with E-state index in [1.807, 2.05) is 25.7 Å². The summed E-state index contributed by atoms with van der Waals surface area (Å²) in [6.07, 6.45) is 0.154. The third-order valence-electron chi connectivity index (χ3n) is 3.62. The summed E-state index contributed by atoms with van der Waals surface area (Å²) in [5.41, 5.74) is 6.14. The molecule has 1 aliphatic rings. The van der Waals surface area contributed by atoms with E-state index in [1.54, 1.807) is 0 Å². The molecule has 0 radical (unpaired) electrons. The minimum Gasteiger partial charge on any atom is -0.399 e. The number of morpholine rings is 1. The Morgan fingerprint density at radius 1 is 1.43 bits per heavy atom. The first-order chi connectivity index (χ1) is 9.86. The summed E-state index contributed by atoms with van der Waals surface area (Å²) < 4.78 is 19.3. The van der Waals surface area contributed by atoms with Crippen LogP contribution in [0.15, 0.2) is 18.2 Å². The molecule has 1 aromatic carbocycles. The molecule has 1 saturated heterocycles. The number of rotatable bonds is 3. The second kappa shape index (κ2) is 6.41. The molecule has 3 unspecified atom stereocenters. The Bertz CT molecular complexity index is 514. The second-order valence-electron chi connectivity index (χ2n) is 5.62. The fraction of sp³-hybridized carbons (Fsp3) is 0.533. The molecule has 1 aliphatic heterocycles. The number of carbonyl (C=O) groups is 1. The lowest BCUT2D eigenvalue weighted by atomic mass is 10.1. The lowest BCUT2D eigenvalue weighted by molar-refractivity contribution is -0.126. The highest BCUT2D eigenvalue weighted by molar-refractivity contribution is 5.95. The van der Waals surface area contributed by atoms with Gasteiger partial charge in [-0.3, -0.25) is 9.69 Å². The zero-order chi connectivity index (χ0) is 15.6. The van der Waals surface area contributed by atoms with Gasteiger partial charge in [0.1, 0.15) is 5.82 Å². The molecule has 21 heavy (non-hydrogen) atoms. The summed E-state index contributed by atoms with van der Waals surface area (Å²) in [7, 11) is 0. The Labute approximate surface area is 124 Å². The predicted molar refractivity (Wildman–Crippen MR) is 80.5 cm³/mol. The molecule has 1 amide bonds. The van der Waals surface area contributed by atoms with Gasteiger partial charge in [-0.1, -0.05) is 0 Å². The molecule has 1 aromatic rings. The lowest BCUT2D eigenvalue weighted by Gasteiger charge is -2.38. The summed E-state index contributed by atoms with van der Waals surface area (Å²) in [4.78, 5) is 14.3. The maximum absolute atomic E-state index is 13.7. The van der Waals surface area contributed by atoms with Crippen LogP contribution < -0.4 is 11.1 Å². The molecule has 3 N–H and O–H groups in total. The number of ether oxygens (including phenoxy) is 1. The summed E-state index contributed by atoms with van der Waals surface area (Å²) in [5.74, 6) is -0.741. The summed E-state index contributed by atoms with van der Waals surface area (Å²) >= 11 is 0. The Hall–Kier alpha value is -1.66. The van der Waals surface area contributed by atoms with Gasteiger partial charge in [0.25, 0.3) is 0 Å². The van der Waals surface area contributed by atoms with Gasteiger partial charge in [-0.2, -0.15) is 0 Å². The minimum absolute atomic E-state index is 0.0769. The lowest BCUT2D eigenvalue weighted by Crippen LogP contribution is -2.52. The third kappa shape index (κ3) is 3.92. The first-order valence-corrected chi connectivity index (χ1v) is 7.12. The fourth-order valence-electron chi connectivity index (χ4n) is 2.58. The van der Waals surface area contributed by atoms with Gasteiger partial charge >= 0.3 is 0 Å². The summed E-state index contributed by atoms with van der Waals surface area (Å²) in [6.45, 7) is 7.12. The van der Waals surface area contributed by atoms with Crippen molar-refractivity contribution in [2.45, 2.75) is 39.0 Å². The van der Waals surface area contributed by atoms with E-state index >= 15 is 0 Å². The van der Waals surface area contributed by atoms with Gasteiger partial charge < -0.3 is 15.8 Å². The van der Waals surface area contributed by atoms with Crippen LogP contribution in [0.4, 0.5) is 15.8 Å². The van der Waals surface area contributed by atoms with Gasteiger partial charge in [0.05, 0.1) is 23.9 Å². The van der Waals surface area contributed by atoms with Crippen molar-refractivity contribution in [3.63, 3.8) is 0 Å². The number of hydrogen-bond acceptors (Lipinski definition) is 4. The number of anilines is 2. The van der Waals surface area contributed by atoms with E-state index in [0.29, 0.717) is 18.8 Å². The van der Waals surface area contributed by atoms with Crippen LogP contribution in [-0.4, -0.2) is 42.1 Å². The number of hydrogen-bond donors (Lipinski definition) is 2. The van der Waals surface area contributed by atoms with Crippen LogP contribution in [0.25, 0.3) is 0 Å². The number of nitrogens with one attached hydrogen (secondary N) is 1. The summed E-state index contributed by atoms with van der Waals surface area (Å²) in [5, 5.41) is 2.60. The zero-order valence-corrected chi connectivity index (χ0v) is 12.6. The maximum Gasteiger partial charge on any atom is 0.241 e. The molecule has 6 heteroatoms. The van der Waals surface area contributed by atoms with Crippen LogP contribution in [0.1, 0.15) is 20.8 Å². The van der Waals surface area contributed by atoms with Crippen molar-refractivity contribution >= 4 is 17.3 Å². The Balaban J connectivity index is 2.04. The van der Waals surface area contributed by atoms with Gasteiger partial charge in [-0.05, 0) is 39.0 Å². The summed E-state index contributed by atoms with van der Waals surface area (Å²) in [6, 6.07) is 3.76. The second-order valence-corrected chi connectivity index (χ2v) is 5.62. The van der Waals surface area contributed by atoms with Crippen molar-refractivity contribution < 1.29 is 13.9 Å². The minimum atomic E-state index is -0.492. The quantitative estimate of drug-likeness (QED) is 0.835. The molecule has 3 atom stereocenters. The van der Waals surface area contributed by atoms with Gasteiger partial charge in [-0.15, -0.1) is 0 Å². The van der Waals surface area contributed by atoms with Gasteiger partial charge in [-0.25, -0.2) is 4.39 Å². The Morgan fingerprint density at radius 3 is 2.67 bits per heavy atom. The normalized spacial score (nSPS) is 24.6. The molecule has 116 valence electrons. The molecule has 1 fully saturated rings. The van der Waals surface area contributed by atoms with E-state index in [4.69, 9.17) is 10.5 Å². The van der Waals surface area contributed by atoms with Gasteiger partial charge in [0, 0.05) is 18.8 Å². The van der Waals surface area contributed by atoms with Crippen LogP contribution in [0.3, 0.4) is 0 Å². The number of benzene rings is 1. The van der Waals surface area contributed by atoms with Crippen molar-refractivity contribution in [3.05, 3.63) is 24.0 Å². The van der Waals surface area contributed by atoms with Gasteiger partial charge in [0.15, 0.2) is 0 Å². The first-order valence-electron chi connectivity index (χ1n) is 7.12. The van der Waals surface area contributed by atoms with Gasteiger partial charge in [0.2, 0.25) is 5.91 Å². The molecule has 0 aliphatic carbocycles. The van der Waals surface area contributed by atoms with Crippen LogP contribution in [0, 0.1) is 5.82 Å². The highest BCUT2D eigenvalue weighted by Crippen LogP contribution is 2.19. The van der Waals surface area contributed by atoms with E-state index in [1.165, 1.54) is 18.2 Å². The van der Waals surface area contributed by atoms with Crippen molar-refractivity contribution in [1.82, 2.24) is 4.90 Å². The van der Waals surface area contributed by atoms with Crippen molar-refractivity contribution in [2.75, 3.05) is 24.1 Å². The van der Waals surface area contributed by atoms with Crippen LogP contribution in [0.5, 0.6) is 0 Å². The maximum atomic E-state index is 13.7. The largest absolute Gasteiger partial charge is 0.399 e. The average Bonchev–Trinajstić information content (AvgIpc) is 2.41. The van der Waals surface area contributed by atoms with E-state index in [0.717, 1.165) is 0 Å². The fourth-order valence-corrected chi connectivity index (χ4v) is 2.58. The first kappa shape index (κ1) is 15.7. The highest BCUT2D eigenvalue weighted by atomic mass is 19.1. The smallest absolute Gasteiger partial charge is 0.241 e. The monoisotopic (exact) mass is 295 g/mol. The number of halogens is 1. The van der Waals surface area contributed by atoms with Crippen molar-refractivity contribution in [3.8, 4) is 0 Å². The number of nitrogens with two attached hydrogens (primary N) is 1. The third-order valence-corrected chi connectivity index (χ3v) is 3.62. The van der Waals surface area contributed by atoms with Crippen LogP contribution in [-0.2, 0) is 9.53 Å². The highest BCUT2D eigenvalue weighted by Gasteiger charge is 2.29. The number of carbonyl (C=O) groups excluding carboxylic acids is 1. The molecular weight excluding hydrogens is 273 g/mol. The van der Waals surface area contributed by atoms with E-state index in [-0.39, 0.29) is 29.8 Å². The molecule has 2 rings (SSSR count). The topological polar surface area (TPSA) is 67.6 Å². The zero-order valence-electron chi connectivity index (χ0n) is 12.6. The van der Waals surface area contributed by atoms with Crippen LogP contribution in [0.2, 0.25) is 0 Å².